The van der Waals surface area contributed by atoms with Crippen LogP contribution >= 0.6 is 0 Å². The monoisotopic (exact) mass is 169 g/mol. The van der Waals surface area contributed by atoms with Gasteiger partial charge in [0.1, 0.15) is 12.2 Å². The maximum atomic E-state index is 9.47. The van der Waals surface area contributed by atoms with E-state index in [1.807, 2.05) is 0 Å². The van der Waals surface area contributed by atoms with Crippen molar-refractivity contribution in [1.82, 2.24) is 4.57 Å². The Morgan fingerprint density at radius 3 is 2.92 bits per heavy atom. The van der Waals surface area contributed by atoms with Gasteiger partial charge < -0.3 is 19.9 Å². The Hall–Kier alpha value is -0.840. The van der Waals surface area contributed by atoms with E-state index in [9.17, 15) is 10.2 Å². The number of nitrogens with zero attached hydrogens (tertiary/aromatic N) is 1. The Kier molecular flexibility index (Phi) is 1.68. The largest absolute Gasteiger partial charge is 0.392 e. The van der Waals surface area contributed by atoms with Crippen LogP contribution in [0.15, 0.2) is 12.3 Å². The molecule has 1 aromatic heterocycles. The molecule has 0 saturated carbocycles. The van der Waals surface area contributed by atoms with Crippen molar-refractivity contribution >= 4 is 0 Å². The molecule has 0 saturated heterocycles. The molecule has 0 aliphatic carbocycles. The van der Waals surface area contributed by atoms with Gasteiger partial charge in [-0.1, -0.05) is 0 Å². The van der Waals surface area contributed by atoms with E-state index in [0.717, 1.165) is 0 Å². The van der Waals surface area contributed by atoms with E-state index < -0.39 is 12.2 Å². The van der Waals surface area contributed by atoms with E-state index in [0.29, 0.717) is 17.8 Å². The highest BCUT2D eigenvalue weighted by molar-refractivity contribution is 5.27. The number of aliphatic hydroxyl groups excluding tert-OH is 3. The molecular formula is C8H11NO3. The molecule has 2 atom stereocenters. The number of rotatable bonds is 1. The van der Waals surface area contributed by atoms with Gasteiger partial charge in [-0.3, -0.25) is 0 Å². The van der Waals surface area contributed by atoms with Crippen molar-refractivity contribution in [2.45, 2.75) is 25.4 Å². The van der Waals surface area contributed by atoms with Gasteiger partial charge in [0.2, 0.25) is 0 Å². The smallest absolute Gasteiger partial charge is 0.122 e. The normalized spacial score (nSPS) is 27.6. The van der Waals surface area contributed by atoms with Crippen molar-refractivity contribution in [3.8, 4) is 0 Å². The first-order chi connectivity index (χ1) is 5.74. The van der Waals surface area contributed by atoms with E-state index in [-0.39, 0.29) is 6.61 Å². The Bertz CT molecular complexity index is 294. The number of hydrogen-bond donors (Lipinski definition) is 3. The fraction of sp³-hybridized carbons (Fsp3) is 0.500. The van der Waals surface area contributed by atoms with Gasteiger partial charge in [0, 0.05) is 11.8 Å². The first kappa shape index (κ1) is 7.79. The van der Waals surface area contributed by atoms with E-state index >= 15 is 0 Å². The maximum Gasteiger partial charge on any atom is 0.122 e. The van der Waals surface area contributed by atoms with Gasteiger partial charge in [-0.2, -0.15) is 0 Å². The summed E-state index contributed by atoms with van der Waals surface area (Å²) < 4.78 is 1.76. The van der Waals surface area contributed by atoms with Gasteiger partial charge in [-0.15, -0.1) is 0 Å². The predicted molar refractivity (Wildman–Crippen MR) is 41.3 cm³/mol. The fourth-order valence-corrected chi connectivity index (χ4v) is 1.67. The lowest BCUT2D eigenvalue weighted by molar-refractivity contribution is 0.0299. The van der Waals surface area contributed by atoms with Crippen molar-refractivity contribution in [1.29, 1.82) is 0 Å². The highest BCUT2D eigenvalue weighted by Crippen LogP contribution is 2.29. The number of fused-ring (bicyclic) bond motifs is 1. The average molecular weight is 169 g/mol. The van der Waals surface area contributed by atoms with E-state index in [1.165, 1.54) is 0 Å². The summed E-state index contributed by atoms with van der Waals surface area (Å²) in [6, 6.07) is 1.75. The molecule has 0 amide bonds. The van der Waals surface area contributed by atoms with Gasteiger partial charge in [0.05, 0.1) is 18.8 Å². The molecule has 3 N–H and O–H groups in total. The summed E-state index contributed by atoms with van der Waals surface area (Å²) >= 11 is 0. The summed E-state index contributed by atoms with van der Waals surface area (Å²) in [6.07, 6.45) is 0.189. The molecule has 0 bridgehead atoms. The molecule has 1 aliphatic rings. The second kappa shape index (κ2) is 2.58. The zero-order valence-corrected chi connectivity index (χ0v) is 6.51. The molecule has 2 unspecified atom stereocenters. The average Bonchev–Trinajstić information content (AvgIpc) is 2.55. The SMILES string of the molecule is OCc1ccn2c1C(O)C(O)C2. The zero-order valence-electron chi connectivity index (χ0n) is 6.51. The van der Waals surface area contributed by atoms with Gasteiger partial charge >= 0.3 is 0 Å². The Morgan fingerprint density at radius 1 is 1.50 bits per heavy atom. The highest BCUT2D eigenvalue weighted by atomic mass is 16.3. The molecule has 0 aromatic carbocycles. The van der Waals surface area contributed by atoms with Gasteiger partial charge in [-0.25, -0.2) is 0 Å². The van der Waals surface area contributed by atoms with Crippen LogP contribution in [0.4, 0.5) is 0 Å². The molecular weight excluding hydrogens is 158 g/mol. The van der Waals surface area contributed by atoms with Crippen molar-refractivity contribution in [3.63, 3.8) is 0 Å². The van der Waals surface area contributed by atoms with E-state index in [2.05, 4.69) is 0 Å². The van der Waals surface area contributed by atoms with Crippen molar-refractivity contribution in [2.75, 3.05) is 0 Å². The van der Waals surface area contributed by atoms with Crippen LogP contribution in [0.2, 0.25) is 0 Å². The topological polar surface area (TPSA) is 65.6 Å². The molecule has 1 aromatic rings. The van der Waals surface area contributed by atoms with Crippen LogP contribution in [0.25, 0.3) is 0 Å². The molecule has 66 valence electrons. The second-order valence-electron chi connectivity index (χ2n) is 3.05. The molecule has 12 heavy (non-hydrogen) atoms. The fourth-order valence-electron chi connectivity index (χ4n) is 1.67. The number of aromatic nitrogens is 1. The molecule has 0 radical (unpaired) electrons. The number of aliphatic hydroxyl groups is 3. The summed E-state index contributed by atoms with van der Waals surface area (Å²) in [6.45, 7) is 0.322. The van der Waals surface area contributed by atoms with E-state index in [4.69, 9.17) is 5.11 Å². The molecule has 0 spiro atoms. The predicted octanol–water partition coefficient (Wildman–Crippen LogP) is -0.612. The highest BCUT2D eigenvalue weighted by Gasteiger charge is 2.31. The summed E-state index contributed by atoms with van der Waals surface area (Å²) in [5.74, 6) is 0. The minimum atomic E-state index is -0.845. The lowest BCUT2D eigenvalue weighted by Gasteiger charge is -2.06. The molecule has 1 aliphatic heterocycles. The zero-order chi connectivity index (χ0) is 8.72. The summed E-state index contributed by atoms with van der Waals surface area (Å²) in [7, 11) is 0. The molecule has 0 fully saturated rings. The quantitative estimate of drug-likeness (QED) is 0.525. The van der Waals surface area contributed by atoms with Gasteiger partial charge in [0.25, 0.3) is 0 Å². The third-order valence-corrected chi connectivity index (χ3v) is 2.29. The van der Waals surface area contributed by atoms with Crippen molar-refractivity contribution in [3.05, 3.63) is 23.5 Å². The van der Waals surface area contributed by atoms with Gasteiger partial charge in [0.15, 0.2) is 0 Å². The molecule has 4 nitrogen and oxygen atoms in total. The van der Waals surface area contributed by atoms with Crippen LogP contribution < -0.4 is 0 Å². The second-order valence-corrected chi connectivity index (χ2v) is 3.05. The summed E-state index contributed by atoms with van der Waals surface area (Å²) in [4.78, 5) is 0. The minimum absolute atomic E-state index is 0.0912. The van der Waals surface area contributed by atoms with Crippen LogP contribution in [0, 0.1) is 0 Å². The third kappa shape index (κ3) is 0.891. The summed E-state index contributed by atoms with van der Waals surface area (Å²) in [5, 5.41) is 27.6. The molecule has 2 heterocycles. The lowest BCUT2D eigenvalue weighted by atomic mass is 10.1. The Labute approximate surface area is 69.7 Å². The molecule has 4 heteroatoms. The Balaban J connectivity index is 2.43. The van der Waals surface area contributed by atoms with Crippen molar-refractivity contribution in [2.24, 2.45) is 0 Å². The van der Waals surface area contributed by atoms with Crippen LogP contribution in [-0.2, 0) is 13.2 Å². The lowest BCUT2D eigenvalue weighted by Crippen LogP contribution is -2.13. The summed E-state index contributed by atoms with van der Waals surface area (Å²) in [5.41, 5.74) is 1.34. The maximum absolute atomic E-state index is 9.47. The van der Waals surface area contributed by atoms with Crippen LogP contribution in [0.5, 0.6) is 0 Å². The first-order valence-electron chi connectivity index (χ1n) is 3.89. The molecule has 2 rings (SSSR count). The van der Waals surface area contributed by atoms with E-state index in [1.54, 1.807) is 16.8 Å². The minimum Gasteiger partial charge on any atom is -0.392 e. The third-order valence-electron chi connectivity index (χ3n) is 2.29. The van der Waals surface area contributed by atoms with Crippen LogP contribution in [0.1, 0.15) is 17.4 Å². The first-order valence-corrected chi connectivity index (χ1v) is 3.89. The number of hydrogen-bond acceptors (Lipinski definition) is 3. The van der Waals surface area contributed by atoms with Crippen LogP contribution in [0.3, 0.4) is 0 Å². The standard InChI is InChI=1S/C8H11NO3/c10-4-5-1-2-9-3-6(11)8(12)7(5)9/h1-2,6,8,10-12H,3-4H2. The van der Waals surface area contributed by atoms with Crippen LogP contribution in [-0.4, -0.2) is 26.0 Å². The van der Waals surface area contributed by atoms with Gasteiger partial charge in [-0.05, 0) is 6.07 Å². The van der Waals surface area contributed by atoms with Crippen molar-refractivity contribution < 1.29 is 15.3 Å². The Morgan fingerprint density at radius 2 is 2.25 bits per heavy atom.